The molecule has 0 bridgehead atoms. The molecule has 0 amide bonds. The van der Waals surface area contributed by atoms with Gasteiger partial charge in [-0.3, -0.25) is 0 Å². The van der Waals surface area contributed by atoms with Crippen molar-refractivity contribution >= 4 is 40.0 Å². The van der Waals surface area contributed by atoms with Gasteiger partial charge in [-0.05, 0) is 6.42 Å². The van der Waals surface area contributed by atoms with Gasteiger partial charge in [0.2, 0.25) is 0 Å². The van der Waals surface area contributed by atoms with Crippen LogP contribution in [0.4, 0.5) is 0 Å². The second-order valence-electron chi connectivity index (χ2n) is 1.74. The minimum absolute atomic E-state index is 0. The molecule has 1 aliphatic rings. The molecule has 0 aromatic carbocycles. The third-order valence-corrected chi connectivity index (χ3v) is 1.18. The van der Waals surface area contributed by atoms with Crippen molar-refractivity contribution in [2.75, 3.05) is 6.61 Å². The van der Waals surface area contributed by atoms with E-state index in [1.165, 1.54) is 0 Å². The van der Waals surface area contributed by atoms with Crippen LogP contribution in [0, 0.1) is 0 Å². The monoisotopic (exact) mass is 208 g/mol. The second kappa shape index (κ2) is 7.28. The summed E-state index contributed by atoms with van der Waals surface area (Å²) in [7, 11) is 0. The number of hydrogen-bond acceptors (Lipinski definition) is 2. The van der Waals surface area contributed by atoms with Crippen molar-refractivity contribution in [2.45, 2.75) is 25.9 Å². The zero-order valence-corrected chi connectivity index (χ0v) is 6.64. The summed E-state index contributed by atoms with van der Waals surface area (Å²) in [6.45, 7) is 2.87. The van der Waals surface area contributed by atoms with Crippen molar-refractivity contribution in [3.05, 3.63) is 0 Å². The van der Waals surface area contributed by atoms with E-state index in [0.717, 1.165) is 19.4 Å². The highest BCUT2D eigenvalue weighted by Gasteiger charge is 2.13. The van der Waals surface area contributed by atoms with E-state index in [1.54, 1.807) is 0 Å². The first-order valence-corrected chi connectivity index (χ1v) is 2.71. The Morgan fingerprint density at radius 1 is 1.56 bits per heavy atom. The highest BCUT2D eigenvalue weighted by Crippen LogP contribution is 2.10. The molecule has 1 unspecified atom stereocenters. The normalized spacial score (nSPS) is 24.3. The lowest BCUT2D eigenvalue weighted by Gasteiger charge is -1.97. The van der Waals surface area contributed by atoms with E-state index < -0.39 is 0 Å². The molecular formula is C5H13BrMgO2. The van der Waals surface area contributed by atoms with Crippen molar-refractivity contribution in [3.63, 3.8) is 0 Å². The van der Waals surface area contributed by atoms with Crippen molar-refractivity contribution in [1.29, 1.82) is 0 Å². The van der Waals surface area contributed by atoms with Gasteiger partial charge in [-0.15, -0.1) is 17.0 Å². The van der Waals surface area contributed by atoms with Crippen LogP contribution in [0.25, 0.3) is 0 Å². The van der Waals surface area contributed by atoms with Crippen LogP contribution < -0.4 is 0 Å². The van der Waals surface area contributed by atoms with Crippen LogP contribution in [0.1, 0.15) is 19.8 Å². The highest BCUT2D eigenvalue weighted by atomic mass is 79.9. The predicted octanol–water partition coefficient (Wildman–Crippen LogP) is 0.779. The largest absolute Gasteiger partial charge is 0.316 e. The smallest absolute Gasteiger partial charge is 0.236 e. The van der Waals surface area contributed by atoms with Crippen molar-refractivity contribution in [3.8, 4) is 0 Å². The van der Waals surface area contributed by atoms with Crippen LogP contribution in [0.5, 0.6) is 0 Å². The Morgan fingerprint density at radius 2 is 2.22 bits per heavy atom. The molecule has 0 N–H and O–H groups in total. The molecule has 0 aliphatic carbocycles. The van der Waals surface area contributed by atoms with Crippen LogP contribution in [0.3, 0.4) is 0 Å². The molecule has 1 heterocycles. The van der Waals surface area contributed by atoms with Crippen molar-refractivity contribution in [2.24, 2.45) is 0 Å². The van der Waals surface area contributed by atoms with E-state index in [9.17, 15) is 0 Å². The molecule has 0 aromatic heterocycles. The van der Waals surface area contributed by atoms with E-state index in [4.69, 9.17) is 4.89 Å². The van der Waals surface area contributed by atoms with Crippen LogP contribution in [0.2, 0.25) is 0 Å². The first-order valence-electron chi connectivity index (χ1n) is 2.71. The summed E-state index contributed by atoms with van der Waals surface area (Å²) in [5.74, 6) is 0. The van der Waals surface area contributed by atoms with Gasteiger partial charge in [0.05, 0.1) is 12.7 Å². The summed E-state index contributed by atoms with van der Waals surface area (Å²) in [6, 6.07) is 0. The van der Waals surface area contributed by atoms with Gasteiger partial charge in [0, 0.05) is 6.42 Å². The third-order valence-electron chi connectivity index (χ3n) is 1.18. The molecule has 1 atom stereocenters. The second-order valence-corrected chi connectivity index (χ2v) is 1.74. The van der Waals surface area contributed by atoms with E-state index in [2.05, 4.69) is 11.8 Å². The topological polar surface area (TPSA) is 18.5 Å². The summed E-state index contributed by atoms with van der Waals surface area (Å²) in [4.78, 5) is 9.45. The number of hydrogen-bond donors (Lipinski definition) is 0. The Morgan fingerprint density at radius 3 is 2.44 bits per heavy atom. The molecule has 0 aromatic rings. The fourth-order valence-corrected chi connectivity index (χ4v) is 0.644. The van der Waals surface area contributed by atoms with E-state index in [1.807, 2.05) is 0 Å². The summed E-state index contributed by atoms with van der Waals surface area (Å²) in [5.41, 5.74) is 0. The maximum atomic E-state index is 4.80. The maximum absolute atomic E-state index is 4.80. The van der Waals surface area contributed by atoms with Crippen LogP contribution in [0.15, 0.2) is 0 Å². The molecular weight excluding hydrogens is 196 g/mol. The lowest BCUT2D eigenvalue weighted by Crippen LogP contribution is -2.00. The fraction of sp³-hybridized carbons (Fsp3) is 1.00. The predicted molar refractivity (Wildman–Crippen MR) is 44.6 cm³/mol. The molecule has 2 nitrogen and oxygen atoms in total. The molecule has 1 rings (SSSR count). The molecule has 0 spiro atoms. The third kappa shape index (κ3) is 4.55. The van der Waals surface area contributed by atoms with Gasteiger partial charge in [0.15, 0.2) is 0 Å². The van der Waals surface area contributed by atoms with E-state index in [0.29, 0.717) is 6.10 Å². The molecule has 1 aliphatic heterocycles. The van der Waals surface area contributed by atoms with Crippen LogP contribution >= 0.6 is 17.0 Å². The minimum Gasteiger partial charge on any atom is -0.236 e. The fourth-order valence-electron chi connectivity index (χ4n) is 0.644. The molecule has 9 heavy (non-hydrogen) atoms. The Balaban J connectivity index is 0. The quantitative estimate of drug-likeness (QED) is 0.469. The molecule has 54 valence electrons. The molecule has 4 heteroatoms. The molecule has 1 saturated heterocycles. The number of halogens is 1. The summed E-state index contributed by atoms with van der Waals surface area (Å²) in [5, 5.41) is 0. The average Bonchev–Trinajstić information content (AvgIpc) is 2.14. The Labute approximate surface area is 82.1 Å². The van der Waals surface area contributed by atoms with Gasteiger partial charge < -0.3 is 0 Å². The van der Waals surface area contributed by atoms with Gasteiger partial charge in [0.25, 0.3) is 0 Å². The van der Waals surface area contributed by atoms with Crippen molar-refractivity contribution < 1.29 is 9.78 Å². The maximum Gasteiger partial charge on any atom is 0.316 e. The lowest BCUT2D eigenvalue weighted by molar-refractivity contribution is -0.274. The zero-order chi connectivity index (χ0) is 5.11. The first-order chi connectivity index (χ1) is 3.43. The first kappa shape index (κ1) is 12.8. The van der Waals surface area contributed by atoms with E-state index in [-0.39, 0.29) is 40.0 Å². The summed E-state index contributed by atoms with van der Waals surface area (Å²) in [6.07, 6.45) is 2.51. The Kier molecular flexibility index (Phi) is 10.4. The molecule has 0 saturated carbocycles. The summed E-state index contributed by atoms with van der Waals surface area (Å²) < 4.78 is 0. The lowest BCUT2D eigenvalue weighted by atomic mass is 10.2. The van der Waals surface area contributed by atoms with Gasteiger partial charge in [-0.2, -0.15) is 0 Å². The zero-order valence-electron chi connectivity index (χ0n) is 4.92. The van der Waals surface area contributed by atoms with Gasteiger partial charge in [-0.1, -0.05) is 6.92 Å². The Hall–Kier alpha value is 1.17. The van der Waals surface area contributed by atoms with Gasteiger partial charge in [-0.25, -0.2) is 9.78 Å². The standard InChI is InChI=1S/C5H10O2.BrH.Mg.2H/c1-2-5-3-4-6-7-5;;;;/h5H,2-4H2,1H3;1H;;;. The van der Waals surface area contributed by atoms with Crippen molar-refractivity contribution in [1.82, 2.24) is 0 Å². The highest BCUT2D eigenvalue weighted by molar-refractivity contribution is 8.93. The summed E-state index contributed by atoms with van der Waals surface area (Å²) >= 11 is 0. The molecule has 0 radical (unpaired) electrons. The Bertz CT molecular complexity index is 56.9. The van der Waals surface area contributed by atoms with Gasteiger partial charge >= 0.3 is 23.1 Å². The van der Waals surface area contributed by atoms with Gasteiger partial charge in [0.1, 0.15) is 0 Å². The number of rotatable bonds is 1. The SMILES string of the molecule is Br.CCC1CCOO1.[MgH2]. The van der Waals surface area contributed by atoms with E-state index >= 15 is 0 Å². The van der Waals surface area contributed by atoms with Crippen LogP contribution in [-0.4, -0.2) is 35.8 Å². The van der Waals surface area contributed by atoms with Crippen LogP contribution in [-0.2, 0) is 9.78 Å². The molecule has 1 fully saturated rings. The minimum atomic E-state index is 0. The average molecular weight is 209 g/mol.